The van der Waals surface area contributed by atoms with E-state index in [-0.39, 0.29) is 18.6 Å². The first-order valence-corrected chi connectivity index (χ1v) is 18.0. The van der Waals surface area contributed by atoms with Gasteiger partial charge in [-0.1, -0.05) is 51.9 Å². The van der Waals surface area contributed by atoms with Gasteiger partial charge in [0.25, 0.3) is 0 Å². The molecule has 14 heteroatoms. The summed E-state index contributed by atoms with van der Waals surface area (Å²) in [6.07, 6.45) is 0.326. The minimum atomic E-state index is -1.14. The number of likely N-dealkylation sites (N-methyl/N-ethyl adjacent to an activating group) is 1. The van der Waals surface area contributed by atoms with Crippen molar-refractivity contribution >= 4 is 51.1 Å². The van der Waals surface area contributed by atoms with E-state index in [1.807, 2.05) is 58.0 Å². The molecule has 12 nitrogen and oxygen atoms in total. The standard InChI is InChI=1S/C34H48N6O6S2/c1-8-36-31(45)27-33(4,5)47-48-34(6,7)28(39-29(43)24(35)17-23-19(2)14-22(41)15-20(23)3)32(46)37-18-26(42)38-25(30(44)40-27)16-21-12-10-9-11-13-21/h9-15,24-25,27-28,41H,8,16-18,35H2,1-7H3,(H,36,45)(H,37,46)(H,38,42)(H,39,43)(H,40,44). The summed E-state index contributed by atoms with van der Waals surface area (Å²) in [7, 11) is 2.57. The molecule has 1 fully saturated rings. The molecule has 8 N–H and O–H groups in total. The van der Waals surface area contributed by atoms with Gasteiger partial charge >= 0.3 is 0 Å². The molecule has 0 aromatic heterocycles. The molecule has 5 amide bonds. The van der Waals surface area contributed by atoms with Gasteiger partial charge in [0, 0.05) is 22.5 Å². The van der Waals surface area contributed by atoms with E-state index in [0.29, 0.717) is 6.54 Å². The zero-order valence-corrected chi connectivity index (χ0v) is 30.2. The molecule has 1 heterocycles. The summed E-state index contributed by atoms with van der Waals surface area (Å²) in [5, 5.41) is 23.7. The Morgan fingerprint density at radius 3 is 2.19 bits per heavy atom. The molecule has 4 unspecified atom stereocenters. The number of carbonyl (C=O) groups is 5. The van der Waals surface area contributed by atoms with Crippen LogP contribution in [0, 0.1) is 13.8 Å². The van der Waals surface area contributed by atoms with Crippen molar-refractivity contribution in [3.8, 4) is 5.75 Å². The average Bonchev–Trinajstić information content (AvgIpc) is 3.01. The van der Waals surface area contributed by atoms with Crippen molar-refractivity contribution in [1.82, 2.24) is 26.6 Å². The Morgan fingerprint density at radius 1 is 0.979 bits per heavy atom. The van der Waals surface area contributed by atoms with Crippen LogP contribution in [0.2, 0.25) is 0 Å². The highest BCUT2D eigenvalue weighted by molar-refractivity contribution is 8.77. The van der Waals surface area contributed by atoms with Crippen molar-refractivity contribution in [1.29, 1.82) is 0 Å². The molecule has 2 aromatic carbocycles. The van der Waals surface area contributed by atoms with E-state index in [9.17, 15) is 29.1 Å². The van der Waals surface area contributed by atoms with Crippen molar-refractivity contribution < 1.29 is 29.1 Å². The first-order valence-electron chi connectivity index (χ1n) is 15.9. The highest BCUT2D eigenvalue weighted by Gasteiger charge is 2.44. The summed E-state index contributed by atoms with van der Waals surface area (Å²) in [6.45, 7) is 12.5. The molecule has 0 saturated carbocycles. The van der Waals surface area contributed by atoms with E-state index in [2.05, 4.69) is 26.6 Å². The van der Waals surface area contributed by atoms with Crippen LogP contribution in [0.5, 0.6) is 5.75 Å². The van der Waals surface area contributed by atoms with Crippen molar-refractivity contribution in [3.63, 3.8) is 0 Å². The molecule has 0 radical (unpaired) electrons. The topological polar surface area (TPSA) is 192 Å². The number of hydrogen-bond acceptors (Lipinski definition) is 9. The first-order chi connectivity index (χ1) is 22.4. The van der Waals surface area contributed by atoms with Crippen LogP contribution in [-0.4, -0.2) is 81.4 Å². The summed E-state index contributed by atoms with van der Waals surface area (Å²) in [5.74, 6) is -2.62. The molecule has 3 rings (SSSR count). The van der Waals surface area contributed by atoms with Gasteiger partial charge in [-0.15, -0.1) is 0 Å². The number of phenolic OH excluding ortho intramolecular Hbond substituents is 1. The van der Waals surface area contributed by atoms with Gasteiger partial charge in [-0.2, -0.15) is 0 Å². The second kappa shape index (κ2) is 16.6. The molecule has 0 spiro atoms. The van der Waals surface area contributed by atoms with Crippen molar-refractivity contribution in [2.24, 2.45) is 5.73 Å². The monoisotopic (exact) mass is 700 g/mol. The third-order valence-corrected chi connectivity index (χ3v) is 12.4. The molecule has 262 valence electrons. The van der Waals surface area contributed by atoms with E-state index in [4.69, 9.17) is 5.73 Å². The maximum absolute atomic E-state index is 13.7. The summed E-state index contributed by atoms with van der Waals surface area (Å²) in [4.78, 5) is 67.4. The minimum absolute atomic E-state index is 0.117. The Morgan fingerprint density at radius 2 is 1.58 bits per heavy atom. The van der Waals surface area contributed by atoms with Gasteiger partial charge in [0.05, 0.1) is 12.6 Å². The lowest BCUT2D eigenvalue weighted by Gasteiger charge is -2.39. The predicted molar refractivity (Wildman–Crippen MR) is 190 cm³/mol. The number of nitrogens with one attached hydrogen (secondary N) is 5. The maximum Gasteiger partial charge on any atom is 0.244 e. The van der Waals surface area contributed by atoms with Crippen molar-refractivity contribution in [3.05, 3.63) is 64.7 Å². The number of benzene rings is 2. The number of amides is 5. The van der Waals surface area contributed by atoms with Gasteiger partial charge in [-0.25, -0.2) is 0 Å². The molecular weight excluding hydrogens is 653 g/mol. The first kappa shape index (κ1) is 38.7. The molecular formula is C34H48N6O6S2. The van der Waals surface area contributed by atoms with Crippen LogP contribution < -0.4 is 32.3 Å². The Hall–Kier alpha value is -3.75. The molecule has 48 heavy (non-hydrogen) atoms. The minimum Gasteiger partial charge on any atom is -0.508 e. The Labute approximate surface area is 290 Å². The number of aromatic hydroxyl groups is 1. The Bertz CT molecular complexity index is 1480. The lowest BCUT2D eigenvalue weighted by Crippen LogP contribution is -2.62. The zero-order chi connectivity index (χ0) is 35.8. The Kier molecular flexibility index (Phi) is 13.4. The van der Waals surface area contributed by atoms with Gasteiger partial charge in [0.2, 0.25) is 29.5 Å². The van der Waals surface area contributed by atoms with Gasteiger partial charge in [-0.3, -0.25) is 24.0 Å². The molecule has 4 atom stereocenters. The second-order valence-electron chi connectivity index (χ2n) is 13.0. The van der Waals surface area contributed by atoms with Crippen LogP contribution in [-0.2, 0) is 36.8 Å². The molecule has 1 aliphatic rings. The number of aryl methyl sites for hydroxylation is 2. The van der Waals surface area contributed by atoms with Crippen LogP contribution in [0.4, 0.5) is 0 Å². The third-order valence-electron chi connectivity index (χ3n) is 8.11. The fourth-order valence-corrected chi connectivity index (χ4v) is 8.19. The quantitative estimate of drug-likeness (QED) is 0.201. The van der Waals surface area contributed by atoms with E-state index in [0.717, 1.165) is 22.3 Å². The number of hydrogen-bond donors (Lipinski definition) is 7. The van der Waals surface area contributed by atoms with Crippen LogP contribution in [0.1, 0.15) is 56.9 Å². The van der Waals surface area contributed by atoms with Crippen molar-refractivity contribution in [2.45, 2.75) is 95.0 Å². The number of carbonyl (C=O) groups excluding carboxylic acids is 5. The second-order valence-corrected chi connectivity index (χ2v) is 16.5. The largest absolute Gasteiger partial charge is 0.508 e. The average molecular weight is 701 g/mol. The summed E-state index contributed by atoms with van der Waals surface area (Å²) < 4.78 is -1.91. The number of nitrogens with two attached hydrogens (primary N) is 1. The SMILES string of the molecule is CCNC(=O)C1NC(=O)C(Cc2ccccc2)NC(=O)CNC(=O)C(NC(=O)C(N)Cc2c(C)cc(O)cc2C)C(C)(C)SSC1(C)C. The third kappa shape index (κ3) is 10.4. The van der Waals surface area contributed by atoms with Crippen LogP contribution in [0.25, 0.3) is 0 Å². The van der Waals surface area contributed by atoms with Gasteiger partial charge < -0.3 is 37.4 Å². The molecule has 1 saturated heterocycles. The predicted octanol–water partition coefficient (Wildman–Crippen LogP) is 1.78. The fourth-order valence-electron chi connectivity index (χ4n) is 5.37. The summed E-state index contributed by atoms with van der Waals surface area (Å²) in [5.41, 5.74) is 9.53. The van der Waals surface area contributed by atoms with E-state index < -0.39 is 69.7 Å². The fraction of sp³-hybridized carbons (Fsp3) is 0.500. The smallest absolute Gasteiger partial charge is 0.244 e. The molecule has 0 aliphatic carbocycles. The highest BCUT2D eigenvalue weighted by atomic mass is 33.1. The van der Waals surface area contributed by atoms with E-state index in [1.54, 1.807) is 32.9 Å². The zero-order valence-electron chi connectivity index (χ0n) is 28.6. The highest BCUT2D eigenvalue weighted by Crippen LogP contribution is 2.46. The van der Waals surface area contributed by atoms with Gasteiger partial charge in [0.1, 0.15) is 23.9 Å². The molecule has 2 aromatic rings. The summed E-state index contributed by atoms with van der Waals surface area (Å²) in [6, 6.07) is 8.13. The normalized spacial score (nSPS) is 22.2. The maximum atomic E-state index is 13.7. The van der Waals surface area contributed by atoms with Crippen LogP contribution in [0.15, 0.2) is 42.5 Å². The van der Waals surface area contributed by atoms with Crippen LogP contribution in [0.3, 0.4) is 0 Å². The lowest BCUT2D eigenvalue weighted by molar-refractivity contribution is -0.133. The molecule has 0 bridgehead atoms. The Balaban J connectivity index is 1.94. The number of phenols is 1. The van der Waals surface area contributed by atoms with E-state index >= 15 is 0 Å². The van der Waals surface area contributed by atoms with E-state index in [1.165, 1.54) is 21.6 Å². The lowest BCUT2D eigenvalue weighted by atomic mass is 9.95. The number of rotatable bonds is 8. The van der Waals surface area contributed by atoms with Crippen LogP contribution >= 0.6 is 21.6 Å². The van der Waals surface area contributed by atoms with Gasteiger partial charge in [0.15, 0.2) is 0 Å². The van der Waals surface area contributed by atoms with Crippen molar-refractivity contribution in [2.75, 3.05) is 13.1 Å². The summed E-state index contributed by atoms with van der Waals surface area (Å²) >= 11 is 0. The molecule has 1 aliphatic heterocycles. The van der Waals surface area contributed by atoms with Gasteiger partial charge in [-0.05, 0) is 89.3 Å².